The number of hydrogen-bond acceptors (Lipinski definition) is 3. The van der Waals surface area contributed by atoms with Gasteiger partial charge in [0.15, 0.2) is 0 Å². The molecule has 0 spiro atoms. The second kappa shape index (κ2) is 7.56. The van der Waals surface area contributed by atoms with Crippen LogP contribution in [0.25, 0.3) is 0 Å². The Kier molecular flexibility index (Phi) is 4.92. The zero-order valence-electron chi connectivity index (χ0n) is 18.9. The number of likely N-dealkylation sites (tertiary alicyclic amines) is 1. The van der Waals surface area contributed by atoms with Gasteiger partial charge in [-0.3, -0.25) is 19.3 Å². The first-order chi connectivity index (χ1) is 16.3. The Bertz CT molecular complexity index is 1100. The first kappa shape index (κ1) is 22.1. The molecule has 5 nitrogen and oxygen atoms in total. The normalized spacial score (nSPS) is 35.6. The third-order valence-corrected chi connectivity index (χ3v) is 9.64. The lowest BCUT2D eigenvalue weighted by Gasteiger charge is -2.54. The highest BCUT2D eigenvalue weighted by Gasteiger charge is 2.73. The van der Waals surface area contributed by atoms with E-state index in [9.17, 15) is 14.4 Å². The van der Waals surface area contributed by atoms with E-state index in [0.717, 1.165) is 52.8 Å². The van der Waals surface area contributed by atoms with Crippen molar-refractivity contribution in [1.29, 1.82) is 0 Å². The molecule has 2 fully saturated rings. The third-order valence-electron chi connectivity index (χ3n) is 8.36. The molecule has 3 amide bonds. The van der Waals surface area contributed by atoms with E-state index in [1.165, 1.54) is 0 Å². The Morgan fingerprint density at radius 3 is 1.68 bits per heavy atom. The largest absolute Gasteiger partial charge is 0.352 e. The van der Waals surface area contributed by atoms with E-state index in [2.05, 4.69) is 12.2 Å². The van der Waals surface area contributed by atoms with Crippen LogP contribution in [0.1, 0.15) is 54.9 Å². The van der Waals surface area contributed by atoms with E-state index in [4.69, 9.17) is 23.2 Å². The van der Waals surface area contributed by atoms with Crippen molar-refractivity contribution in [3.63, 3.8) is 0 Å². The van der Waals surface area contributed by atoms with Gasteiger partial charge < -0.3 is 5.32 Å². The number of hydrogen-bond donors (Lipinski definition) is 1. The smallest absolute Gasteiger partial charge is 0.240 e. The summed E-state index contributed by atoms with van der Waals surface area (Å²) in [7, 11) is 0. The van der Waals surface area contributed by atoms with Crippen LogP contribution in [0.5, 0.6) is 0 Å². The molecule has 1 saturated carbocycles. The zero-order chi connectivity index (χ0) is 23.8. The van der Waals surface area contributed by atoms with Gasteiger partial charge in [0.25, 0.3) is 0 Å². The molecule has 0 radical (unpaired) electrons. The predicted molar refractivity (Wildman–Crippen MR) is 129 cm³/mol. The summed E-state index contributed by atoms with van der Waals surface area (Å²) in [6, 6.07) is 15.1. The summed E-state index contributed by atoms with van der Waals surface area (Å²) < 4.78 is 0. The van der Waals surface area contributed by atoms with Crippen LogP contribution < -0.4 is 5.32 Å². The average Bonchev–Trinajstić information content (AvgIpc) is 3.10. The zero-order valence-corrected chi connectivity index (χ0v) is 20.4. The van der Waals surface area contributed by atoms with Crippen LogP contribution in [0, 0.1) is 17.8 Å². The van der Waals surface area contributed by atoms with Gasteiger partial charge in [0.1, 0.15) is 16.3 Å². The van der Waals surface area contributed by atoms with Crippen molar-refractivity contribution in [2.75, 3.05) is 6.54 Å². The Balaban J connectivity index is 1.37. The van der Waals surface area contributed by atoms with Crippen LogP contribution in [0.15, 0.2) is 48.5 Å². The van der Waals surface area contributed by atoms with E-state index in [0.29, 0.717) is 5.92 Å². The van der Waals surface area contributed by atoms with Gasteiger partial charge in [-0.25, -0.2) is 0 Å². The summed E-state index contributed by atoms with van der Waals surface area (Å²) >= 11 is 14.8. The highest BCUT2D eigenvalue weighted by Crippen LogP contribution is 2.69. The van der Waals surface area contributed by atoms with Gasteiger partial charge in [-0.1, -0.05) is 55.5 Å². The molecule has 5 aliphatic rings. The van der Waals surface area contributed by atoms with Crippen molar-refractivity contribution in [2.24, 2.45) is 17.8 Å². The van der Waals surface area contributed by atoms with E-state index < -0.39 is 33.4 Å². The molecule has 4 aliphatic carbocycles. The van der Waals surface area contributed by atoms with Gasteiger partial charge >= 0.3 is 0 Å². The fraction of sp³-hybridized carbons (Fsp3) is 0.444. The van der Waals surface area contributed by atoms with E-state index >= 15 is 0 Å². The lowest BCUT2D eigenvalue weighted by Crippen LogP contribution is -2.57. The van der Waals surface area contributed by atoms with Gasteiger partial charge in [-0.05, 0) is 53.9 Å². The number of nitrogens with zero attached hydrogens (tertiary/aromatic N) is 1. The third kappa shape index (κ3) is 2.77. The summed E-state index contributed by atoms with van der Waals surface area (Å²) in [5.74, 6) is -2.23. The van der Waals surface area contributed by atoms with Crippen molar-refractivity contribution in [3.8, 4) is 0 Å². The second-order valence-corrected chi connectivity index (χ2v) is 11.4. The number of imide groups is 1. The lowest BCUT2D eigenvalue weighted by atomic mass is 9.54. The van der Waals surface area contributed by atoms with Gasteiger partial charge in [0, 0.05) is 6.04 Å². The average molecular weight is 497 g/mol. The maximum absolute atomic E-state index is 13.8. The summed E-state index contributed by atoms with van der Waals surface area (Å²) in [6.07, 6.45) is 3.97. The molecule has 0 unspecified atom stereocenters. The molecule has 1 heterocycles. The maximum atomic E-state index is 13.8. The van der Waals surface area contributed by atoms with E-state index in [-0.39, 0.29) is 18.5 Å². The summed E-state index contributed by atoms with van der Waals surface area (Å²) in [4.78, 5) is 39.1. The van der Waals surface area contributed by atoms with Crippen LogP contribution in [0.2, 0.25) is 0 Å². The Morgan fingerprint density at radius 1 is 0.853 bits per heavy atom. The number of benzene rings is 2. The highest BCUT2D eigenvalue weighted by atomic mass is 35.5. The summed E-state index contributed by atoms with van der Waals surface area (Å²) in [5.41, 5.74) is 3.04. The number of rotatable bonds is 3. The maximum Gasteiger partial charge on any atom is 0.240 e. The molecule has 1 saturated heterocycles. The van der Waals surface area contributed by atoms with Crippen molar-refractivity contribution in [2.45, 2.75) is 48.4 Å². The molecule has 7 heteroatoms. The molecule has 2 atom stereocenters. The van der Waals surface area contributed by atoms with E-state index in [1.807, 2.05) is 48.5 Å². The van der Waals surface area contributed by atoms with Gasteiger partial charge in [-0.2, -0.15) is 0 Å². The van der Waals surface area contributed by atoms with Crippen molar-refractivity contribution >= 4 is 40.9 Å². The molecular formula is C27H26Cl2N2O3. The molecule has 2 bridgehead atoms. The number of halogens is 2. The van der Waals surface area contributed by atoms with Crippen molar-refractivity contribution < 1.29 is 14.4 Å². The fourth-order valence-electron chi connectivity index (χ4n) is 6.70. The monoisotopic (exact) mass is 496 g/mol. The number of carbonyl (C=O) groups is 3. The number of carbonyl (C=O) groups excluding carboxylic acids is 3. The standard InChI is InChI=1S/C27H26Cl2N2O3/c1-15-10-12-16(13-11-15)30-21(32)14-31-24(33)22-23(25(31)34)27(29)18-7-3-2-6-17(18)26(22,28)19-8-4-5-9-20(19)27/h2-9,15-16,22-23H,10-14H2,1H3,(H,30,32)/t15?,16?,22-,23-,26?,27?/m0/s1. The van der Waals surface area contributed by atoms with Gasteiger partial charge in [-0.15, -0.1) is 23.2 Å². The summed E-state index contributed by atoms with van der Waals surface area (Å²) in [5, 5.41) is 3.03. The summed E-state index contributed by atoms with van der Waals surface area (Å²) in [6.45, 7) is 1.92. The van der Waals surface area contributed by atoms with Crippen LogP contribution in [0.3, 0.4) is 0 Å². The lowest BCUT2D eigenvalue weighted by molar-refractivity contribution is -0.144. The number of amides is 3. The molecular weight excluding hydrogens is 471 g/mol. The Morgan fingerprint density at radius 2 is 1.26 bits per heavy atom. The topological polar surface area (TPSA) is 66.5 Å². The molecule has 176 valence electrons. The first-order valence-electron chi connectivity index (χ1n) is 12.0. The second-order valence-electron chi connectivity index (χ2n) is 10.3. The minimum absolute atomic E-state index is 0.0854. The molecule has 2 aromatic carbocycles. The van der Waals surface area contributed by atoms with Gasteiger partial charge in [0.05, 0.1) is 11.8 Å². The molecule has 34 heavy (non-hydrogen) atoms. The van der Waals surface area contributed by atoms with Gasteiger partial charge in [0.2, 0.25) is 17.7 Å². The molecule has 1 N–H and O–H groups in total. The van der Waals surface area contributed by atoms with Crippen LogP contribution in [-0.2, 0) is 24.1 Å². The number of nitrogens with one attached hydrogen (secondary N) is 1. The highest BCUT2D eigenvalue weighted by molar-refractivity contribution is 6.36. The number of alkyl halides is 2. The molecule has 1 aliphatic heterocycles. The van der Waals surface area contributed by atoms with E-state index in [1.54, 1.807) is 0 Å². The first-order valence-corrected chi connectivity index (χ1v) is 12.8. The van der Waals surface area contributed by atoms with Crippen LogP contribution in [-0.4, -0.2) is 35.2 Å². The molecule has 2 aromatic rings. The fourth-order valence-corrected chi connectivity index (χ4v) is 7.80. The van der Waals surface area contributed by atoms with Crippen LogP contribution in [0.4, 0.5) is 0 Å². The predicted octanol–water partition coefficient (Wildman–Crippen LogP) is 4.27. The quantitative estimate of drug-likeness (QED) is 0.509. The molecule has 0 aromatic heterocycles. The van der Waals surface area contributed by atoms with Crippen molar-refractivity contribution in [1.82, 2.24) is 10.2 Å². The van der Waals surface area contributed by atoms with Crippen molar-refractivity contribution in [3.05, 3.63) is 70.8 Å². The minimum Gasteiger partial charge on any atom is -0.352 e. The molecule has 7 rings (SSSR count). The Hall–Kier alpha value is -2.37. The minimum atomic E-state index is -1.22. The Labute approximate surface area is 208 Å². The van der Waals surface area contributed by atoms with Crippen LogP contribution >= 0.6 is 23.2 Å². The SMILES string of the molecule is CC1CCC(NC(=O)CN2C(=O)[C@@H]3[C@@H](C2=O)C2(Cl)c4ccccc4C3(Cl)c3ccccc32)CC1.